The molecule has 1 amide bonds. The van der Waals surface area contributed by atoms with E-state index in [0.29, 0.717) is 6.42 Å². The molecule has 1 atom stereocenters. The number of rotatable bonds is 3. The third-order valence-electron chi connectivity index (χ3n) is 4.64. The maximum Gasteiger partial charge on any atom is 0.417 e. The molecule has 1 aliphatic rings. The summed E-state index contributed by atoms with van der Waals surface area (Å²) in [5.74, 6) is 0.0100. The van der Waals surface area contributed by atoms with Crippen molar-refractivity contribution in [3.63, 3.8) is 0 Å². The van der Waals surface area contributed by atoms with Crippen LogP contribution < -0.4 is 10.1 Å². The molecule has 1 unspecified atom stereocenters. The third kappa shape index (κ3) is 4.26. The van der Waals surface area contributed by atoms with Crippen molar-refractivity contribution in [3.05, 3.63) is 64.7 Å². The predicted octanol–water partition coefficient (Wildman–Crippen LogP) is 4.74. The van der Waals surface area contributed by atoms with Crippen LogP contribution in [0.25, 0.3) is 0 Å². The third-order valence-corrected chi connectivity index (χ3v) is 4.64. The van der Waals surface area contributed by atoms with Gasteiger partial charge in [0.2, 0.25) is 0 Å². The van der Waals surface area contributed by atoms with Gasteiger partial charge >= 0.3 is 6.18 Å². The molecule has 0 bridgehead atoms. The first-order valence-electron chi connectivity index (χ1n) is 8.80. The number of carbonyl (C=O) groups excluding carboxylic acids is 1. The number of fused-ring (bicyclic) bond motifs is 1. The summed E-state index contributed by atoms with van der Waals surface area (Å²) < 4.78 is 45.0. The fraction of sp³-hybridized carbons (Fsp3) is 0.381. The van der Waals surface area contributed by atoms with Gasteiger partial charge in [0.05, 0.1) is 17.7 Å². The second-order valence-corrected chi connectivity index (χ2v) is 7.77. The lowest BCUT2D eigenvalue weighted by Crippen LogP contribution is -2.35. The first-order valence-corrected chi connectivity index (χ1v) is 8.80. The van der Waals surface area contributed by atoms with Crippen molar-refractivity contribution in [2.45, 2.75) is 44.9 Å². The minimum Gasteiger partial charge on any atom is -0.488 e. The van der Waals surface area contributed by atoms with E-state index >= 15 is 0 Å². The average molecular weight is 377 g/mol. The Kier molecular flexibility index (Phi) is 4.93. The molecule has 0 aromatic heterocycles. The lowest BCUT2D eigenvalue weighted by atomic mass is 9.86. The molecule has 0 spiro atoms. The van der Waals surface area contributed by atoms with E-state index in [0.717, 1.165) is 17.4 Å². The van der Waals surface area contributed by atoms with Crippen LogP contribution in [0.4, 0.5) is 13.2 Å². The molecule has 144 valence electrons. The van der Waals surface area contributed by atoms with E-state index in [-0.39, 0.29) is 23.6 Å². The number of ether oxygens (including phenoxy) is 1. The Morgan fingerprint density at radius 1 is 1.15 bits per heavy atom. The van der Waals surface area contributed by atoms with Crippen molar-refractivity contribution < 1.29 is 22.7 Å². The number of alkyl halides is 3. The van der Waals surface area contributed by atoms with E-state index in [9.17, 15) is 18.0 Å². The van der Waals surface area contributed by atoms with E-state index in [4.69, 9.17) is 4.74 Å². The van der Waals surface area contributed by atoms with Gasteiger partial charge in [-0.25, -0.2) is 0 Å². The van der Waals surface area contributed by atoms with Crippen molar-refractivity contribution in [1.82, 2.24) is 5.32 Å². The number of benzene rings is 2. The van der Waals surface area contributed by atoms with Gasteiger partial charge in [0.15, 0.2) is 0 Å². The molecule has 1 aliphatic heterocycles. The first kappa shape index (κ1) is 19.3. The summed E-state index contributed by atoms with van der Waals surface area (Å²) in [4.78, 5) is 12.3. The summed E-state index contributed by atoms with van der Waals surface area (Å²) >= 11 is 0. The molecular weight excluding hydrogens is 355 g/mol. The molecule has 3 nitrogen and oxygen atoms in total. The Bertz CT molecular complexity index is 853. The van der Waals surface area contributed by atoms with Crippen molar-refractivity contribution in [1.29, 1.82) is 0 Å². The summed E-state index contributed by atoms with van der Waals surface area (Å²) in [5, 5.41) is 2.57. The molecular formula is C21H22F3NO2. The van der Waals surface area contributed by atoms with E-state index in [1.165, 1.54) is 23.8 Å². The molecule has 0 saturated heterocycles. The van der Waals surface area contributed by atoms with Crippen LogP contribution >= 0.6 is 0 Å². The largest absolute Gasteiger partial charge is 0.488 e. The fourth-order valence-corrected chi connectivity index (χ4v) is 3.13. The summed E-state index contributed by atoms with van der Waals surface area (Å²) in [6.45, 7) is 6.52. The maximum absolute atomic E-state index is 13.1. The topological polar surface area (TPSA) is 38.3 Å². The quantitative estimate of drug-likeness (QED) is 0.839. The first-order chi connectivity index (χ1) is 12.6. The van der Waals surface area contributed by atoms with Crippen LogP contribution in [-0.2, 0) is 18.0 Å². The zero-order valence-electron chi connectivity index (χ0n) is 15.5. The van der Waals surface area contributed by atoms with Gasteiger partial charge in [-0.05, 0) is 34.7 Å². The number of carbonyl (C=O) groups is 1. The van der Waals surface area contributed by atoms with Crippen LogP contribution in [0.15, 0.2) is 42.5 Å². The number of hydrogen-bond donors (Lipinski definition) is 1. The molecule has 0 saturated carbocycles. The monoisotopic (exact) mass is 377 g/mol. The Hall–Kier alpha value is -2.50. The predicted molar refractivity (Wildman–Crippen MR) is 97.0 cm³/mol. The Balaban J connectivity index is 1.66. The summed E-state index contributed by atoms with van der Waals surface area (Å²) in [5.41, 5.74) is 0.942. The number of hydrogen-bond acceptors (Lipinski definition) is 2. The Morgan fingerprint density at radius 3 is 2.52 bits per heavy atom. The molecule has 2 aromatic rings. The van der Waals surface area contributed by atoms with Crippen LogP contribution in [0.3, 0.4) is 0 Å². The van der Waals surface area contributed by atoms with Gasteiger partial charge in [-0.1, -0.05) is 45.0 Å². The molecule has 2 aromatic carbocycles. The second kappa shape index (κ2) is 6.91. The van der Waals surface area contributed by atoms with Crippen LogP contribution in [0.2, 0.25) is 0 Å². The van der Waals surface area contributed by atoms with Crippen LogP contribution in [0.5, 0.6) is 5.75 Å². The molecule has 0 fully saturated rings. The van der Waals surface area contributed by atoms with Gasteiger partial charge in [0, 0.05) is 6.42 Å². The normalized spacial score (nSPS) is 16.6. The molecule has 3 rings (SSSR count). The molecule has 0 radical (unpaired) electrons. The van der Waals surface area contributed by atoms with E-state index in [1.807, 2.05) is 12.1 Å². The van der Waals surface area contributed by atoms with E-state index < -0.39 is 17.6 Å². The van der Waals surface area contributed by atoms with Gasteiger partial charge in [-0.3, -0.25) is 4.79 Å². The highest BCUT2D eigenvalue weighted by Crippen LogP contribution is 2.34. The van der Waals surface area contributed by atoms with Crippen molar-refractivity contribution in [2.75, 3.05) is 6.54 Å². The summed E-state index contributed by atoms with van der Waals surface area (Å²) in [6.07, 6.45) is -4.25. The number of amides is 1. The van der Waals surface area contributed by atoms with Crippen LogP contribution in [-0.4, -0.2) is 18.6 Å². The highest BCUT2D eigenvalue weighted by atomic mass is 19.4. The zero-order chi connectivity index (χ0) is 19.8. The van der Waals surface area contributed by atoms with Crippen molar-refractivity contribution >= 4 is 5.91 Å². The smallest absolute Gasteiger partial charge is 0.417 e. The lowest BCUT2D eigenvalue weighted by Gasteiger charge is -2.19. The molecule has 27 heavy (non-hydrogen) atoms. The van der Waals surface area contributed by atoms with Crippen molar-refractivity contribution in [3.8, 4) is 5.75 Å². The standard InChI is InChI=1S/C21H22F3NO2/c1-20(2,3)14-8-9-18-13(10-14)11-15(27-18)12-25-19(26)16-6-4-5-7-17(16)21(22,23)24/h4-10,15H,11-12H2,1-3H3,(H,25,26). The molecule has 1 N–H and O–H groups in total. The van der Waals surface area contributed by atoms with Gasteiger partial charge in [0.1, 0.15) is 11.9 Å². The zero-order valence-corrected chi connectivity index (χ0v) is 15.5. The van der Waals surface area contributed by atoms with Gasteiger partial charge in [0.25, 0.3) is 5.91 Å². The molecule has 1 heterocycles. The minimum atomic E-state index is -4.57. The van der Waals surface area contributed by atoms with E-state index in [1.54, 1.807) is 0 Å². The van der Waals surface area contributed by atoms with Gasteiger partial charge in [-0.15, -0.1) is 0 Å². The summed E-state index contributed by atoms with van der Waals surface area (Å²) in [6, 6.07) is 10.8. The van der Waals surface area contributed by atoms with Crippen LogP contribution in [0, 0.1) is 0 Å². The Labute approximate surface area is 156 Å². The van der Waals surface area contributed by atoms with Crippen molar-refractivity contribution in [2.24, 2.45) is 0 Å². The molecule has 6 heteroatoms. The SMILES string of the molecule is CC(C)(C)c1ccc2c(c1)CC(CNC(=O)c1ccccc1C(F)(F)F)O2. The fourth-order valence-electron chi connectivity index (χ4n) is 3.13. The van der Waals surface area contributed by atoms with Gasteiger partial charge < -0.3 is 10.1 Å². The average Bonchev–Trinajstić information content (AvgIpc) is 3.00. The Morgan fingerprint density at radius 2 is 1.85 bits per heavy atom. The molecule has 0 aliphatic carbocycles. The highest BCUT2D eigenvalue weighted by molar-refractivity contribution is 5.95. The maximum atomic E-state index is 13.1. The van der Waals surface area contributed by atoms with Crippen LogP contribution in [0.1, 0.15) is 47.8 Å². The summed E-state index contributed by atoms with van der Waals surface area (Å²) in [7, 11) is 0. The second-order valence-electron chi connectivity index (χ2n) is 7.77. The number of nitrogens with one attached hydrogen (secondary N) is 1. The van der Waals surface area contributed by atoms with E-state index in [2.05, 4.69) is 32.2 Å². The highest BCUT2D eigenvalue weighted by Gasteiger charge is 2.35. The number of halogens is 3. The minimum absolute atomic E-state index is 0.0165. The lowest BCUT2D eigenvalue weighted by molar-refractivity contribution is -0.137. The van der Waals surface area contributed by atoms with Gasteiger partial charge in [-0.2, -0.15) is 13.2 Å².